The van der Waals surface area contributed by atoms with E-state index in [2.05, 4.69) is 20.8 Å². The van der Waals surface area contributed by atoms with E-state index in [1.807, 2.05) is 30.3 Å². The lowest BCUT2D eigenvalue weighted by Crippen LogP contribution is -2.34. The van der Waals surface area contributed by atoms with Crippen LogP contribution in [0.3, 0.4) is 0 Å². The molecule has 0 amide bonds. The van der Waals surface area contributed by atoms with Crippen LogP contribution in [0.25, 0.3) is 15.9 Å². The fraction of sp³-hybridized carbons (Fsp3) is 0.455. The van der Waals surface area contributed by atoms with Crippen LogP contribution in [0, 0.1) is 0 Å². The first-order chi connectivity index (χ1) is 13.6. The fourth-order valence-electron chi connectivity index (χ4n) is 3.54. The van der Waals surface area contributed by atoms with Crippen molar-refractivity contribution in [3.05, 3.63) is 51.1 Å². The van der Waals surface area contributed by atoms with E-state index in [-0.39, 0.29) is 11.2 Å². The van der Waals surface area contributed by atoms with Crippen LogP contribution in [0.4, 0.5) is 0 Å². The van der Waals surface area contributed by atoms with E-state index in [0.717, 1.165) is 62.9 Å². The number of aromatic nitrogens is 2. The molecule has 2 aromatic heterocycles. The molecule has 0 aliphatic carbocycles. The molecule has 6 heteroatoms. The molecule has 0 saturated carbocycles. The Balaban J connectivity index is 1.92. The highest BCUT2D eigenvalue weighted by molar-refractivity contribution is 7.99. The van der Waals surface area contributed by atoms with E-state index >= 15 is 0 Å². The summed E-state index contributed by atoms with van der Waals surface area (Å²) in [5.74, 6) is 0.962. The number of hydrogen-bond acceptors (Lipinski definition) is 5. The van der Waals surface area contributed by atoms with Crippen molar-refractivity contribution in [2.45, 2.75) is 63.8 Å². The second kappa shape index (κ2) is 8.01. The van der Waals surface area contributed by atoms with Gasteiger partial charge in [-0.05, 0) is 37.5 Å². The zero-order valence-corrected chi connectivity index (χ0v) is 18.3. The number of ether oxygens (including phenoxy) is 1. The highest BCUT2D eigenvalue weighted by Gasteiger charge is 2.33. The Morgan fingerprint density at radius 2 is 2.07 bits per heavy atom. The molecule has 3 aromatic rings. The van der Waals surface area contributed by atoms with Gasteiger partial charge in [0, 0.05) is 17.1 Å². The van der Waals surface area contributed by atoms with Crippen LogP contribution in [-0.4, -0.2) is 20.9 Å². The average molecular weight is 415 g/mol. The predicted octanol–water partition coefficient (Wildman–Crippen LogP) is 5.58. The first-order valence-corrected chi connectivity index (χ1v) is 11.8. The summed E-state index contributed by atoms with van der Waals surface area (Å²) >= 11 is 3.29. The summed E-state index contributed by atoms with van der Waals surface area (Å²) in [6.07, 6.45) is 3.93. The third kappa shape index (κ3) is 3.53. The second-order valence-electron chi connectivity index (χ2n) is 7.53. The Bertz CT molecular complexity index is 1040. The monoisotopic (exact) mass is 414 g/mol. The number of thioether (sulfide) groups is 1. The van der Waals surface area contributed by atoms with E-state index in [1.165, 1.54) is 0 Å². The quantitative estimate of drug-likeness (QED) is 0.300. The number of fused-ring (bicyclic) bond motifs is 3. The molecule has 0 unspecified atom stereocenters. The minimum atomic E-state index is -0.209. The lowest BCUT2D eigenvalue weighted by Gasteiger charge is -2.32. The van der Waals surface area contributed by atoms with Gasteiger partial charge in [0.1, 0.15) is 4.83 Å². The fourth-order valence-corrected chi connectivity index (χ4v) is 5.78. The maximum Gasteiger partial charge on any atom is 0.267 e. The van der Waals surface area contributed by atoms with Crippen LogP contribution in [0.15, 0.2) is 40.3 Å². The number of benzene rings is 1. The Morgan fingerprint density at radius 1 is 1.29 bits per heavy atom. The Hall–Kier alpha value is -1.63. The van der Waals surface area contributed by atoms with Crippen molar-refractivity contribution < 1.29 is 4.74 Å². The molecule has 0 spiro atoms. The lowest BCUT2D eigenvalue weighted by atomic mass is 9.90. The van der Waals surface area contributed by atoms with Crippen molar-refractivity contribution in [1.82, 2.24) is 9.55 Å². The third-order valence-corrected chi connectivity index (χ3v) is 7.60. The van der Waals surface area contributed by atoms with E-state index < -0.39 is 0 Å². The molecule has 28 heavy (non-hydrogen) atoms. The van der Waals surface area contributed by atoms with Crippen molar-refractivity contribution in [3.8, 4) is 5.69 Å². The first-order valence-electron chi connectivity index (χ1n) is 9.96. The minimum absolute atomic E-state index is 0.0491. The van der Waals surface area contributed by atoms with Crippen LogP contribution in [0.2, 0.25) is 0 Å². The number of nitrogens with zero attached hydrogens (tertiary/aromatic N) is 2. The van der Waals surface area contributed by atoms with E-state index in [4.69, 9.17) is 9.72 Å². The van der Waals surface area contributed by atoms with E-state index in [1.54, 1.807) is 27.7 Å². The number of thiophene rings is 1. The van der Waals surface area contributed by atoms with Gasteiger partial charge >= 0.3 is 0 Å². The Labute approximate surface area is 174 Å². The molecule has 4 rings (SSSR count). The normalized spacial score (nSPS) is 19.1. The van der Waals surface area contributed by atoms with Crippen LogP contribution in [0.5, 0.6) is 0 Å². The minimum Gasteiger partial charge on any atom is -0.369 e. The van der Waals surface area contributed by atoms with Crippen LogP contribution in [-0.2, 0) is 17.8 Å². The maximum absolute atomic E-state index is 13.7. The third-order valence-electron chi connectivity index (χ3n) is 5.47. The Kier molecular flexibility index (Phi) is 5.63. The SMILES string of the molecule is CCCCSc1nc2sc3c(c2c(=O)n1-c1ccccc1)C[C@](C)(CC)OC3. The summed E-state index contributed by atoms with van der Waals surface area (Å²) in [6.45, 7) is 7.03. The van der Waals surface area contributed by atoms with Gasteiger partial charge in [0.15, 0.2) is 5.16 Å². The molecule has 0 bridgehead atoms. The van der Waals surface area contributed by atoms with Gasteiger partial charge in [-0.3, -0.25) is 9.36 Å². The van der Waals surface area contributed by atoms with Crippen LogP contribution in [0.1, 0.15) is 50.5 Å². The zero-order valence-electron chi connectivity index (χ0n) is 16.7. The molecule has 0 saturated heterocycles. The van der Waals surface area contributed by atoms with Gasteiger partial charge in [0.2, 0.25) is 0 Å². The molecule has 4 nitrogen and oxygen atoms in total. The van der Waals surface area contributed by atoms with Gasteiger partial charge in [0.25, 0.3) is 5.56 Å². The van der Waals surface area contributed by atoms with E-state index in [9.17, 15) is 4.79 Å². The van der Waals surface area contributed by atoms with Crippen LogP contribution < -0.4 is 5.56 Å². The van der Waals surface area contributed by atoms with Gasteiger partial charge in [-0.2, -0.15) is 0 Å². The predicted molar refractivity (Wildman–Crippen MR) is 118 cm³/mol. The highest BCUT2D eigenvalue weighted by Crippen LogP contribution is 2.39. The molecule has 3 heterocycles. The van der Waals surface area contributed by atoms with Gasteiger partial charge < -0.3 is 4.74 Å². The summed E-state index contributed by atoms with van der Waals surface area (Å²) in [5, 5.41) is 1.57. The number of hydrogen-bond donors (Lipinski definition) is 0. The Morgan fingerprint density at radius 3 is 2.79 bits per heavy atom. The van der Waals surface area contributed by atoms with Gasteiger partial charge in [0.05, 0.1) is 23.3 Å². The number of para-hydroxylation sites is 1. The van der Waals surface area contributed by atoms with Gasteiger partial charge in [-0.15, -0.1) is 11.3 Å². The molecular formula is C22H26N2O2S2. The molecule has 0 fully saturated rings. The van der Waals surface area contributed by atoms with E-state index in [0.29, 0.717) is 6.61 Å². The topological polar surface area (TPSA) is 44.1 Å². The first kappa shape index (κ1) is 19.7. The second-order valence-corrected chi connectivity index (χ2v) is 9.67. The van der Waals surface area contributed by atoms with Crippen molar-refractivity contribution in [3.63, 3.8) is 0 Å². The maximum atomic E-state index is 13.7. The molecule has 0 N–H and O–H groups in total. The van der Waals surface area contributed by atoms with Crippen molar-refractivity contribution >= 4 is 33.3 Å². The summed E-state index contributed by atoms with van der Waals surface area (Å²) < 4.78 is 7.90. The average Bonchev–Trinajstić information content (AvgIpc) is 3.06. The van der Waals surface area contributed by atoms with Gasteiger partial charge in [-0.1, -0.05) is 50.2 Å². The summed E-state index contributed by atoms with van der Waals surface area (Å²) in [5.41, 5.74) is 1.86. The number of unbranched alkanes of at least 4 members (excludes halogenated alkanes) is 1. The van der Waals surface area contributed by atoms with Crippen molar-refractivity contribution in [1.29, 1.82) is 0 Å². The van der Waals surface area contributed by atoms with Crippen molar-refractivity contribution in [2.24, 2.45) is 0 Å². The highest BCUT2D eigenvalue weighted by atomic mass is 32.2. The summed E-state index contributed by atoms with van der Waals surface area (Å²) in [6, 6.07) is 9.88. The zero-order chi connectivity index (χ0) is 19.7. The molecule has 1 aromatic carbocycles. The molecule has 0 radical (unpaired) electrons. The summed E-state index contributed by atoms with van der Waals surface area (Å²) in [7, 11) is 0. The van der Waals surface area contributed by atoms with Crippen molar-refractivity contribution in [2.75, 3.05) is 5.75 Å². The molecule has 1 atom stereocenters. The summed E-state index contributed by atoms with van der Waals surface area (Å²) in [4.78, 5) is 20.6. The van der Waals surface area contributed by atoms with Gasteiger partial charge in [-0.25, -0.2) is 4.98 Å². The lowest BCUT2D eigenvalue weighted by molar-refractivity contribution is -0.0543. The smallest absolute Gasteiger partial charge is 0.267 e. The standard InChI is InChI=1S/C22H26N2O2S2/c1-4-6-12-27-21-23-19-18(20(25)24(21)15-10-8-7-9-11-15)16-13-22(3,5-2)26-14-17(16)28-19/h7-11H,4-6,12-14H2,1-3H3/t22-/m0/s1. The number of rotatable bonds is 6. The molecule has 1 aliphatic rings. The molecule has 1 aliphatic heterocycles. The largest absolute Gasteiger partial charge is 0.369 e. The molecular weight excluding hydrogens is 388 g/mol. The molecule has 148 valence electrons. The van der Waals surface area contributed by atoms with Crippen LogP contribution >= 0.6 is 23.1 Å².